The number of hydrogen-bond acceptors (Lipinski definition) is 6. The molecule has 0 heterocycles. The van der Waals surface area contributed by atoms with E-state index in [1.165, 1.54) is 30.3 Å². The second-order valence-corrected chi connectivity index (χ2v) is 11.6. The smallest absolute Gasteiger partial charge is 0.345 e. The summed E-state index contributed by atoms with van der Waals surface area (Å²) in [5, 5.41) is 0.253. The van der Waals surface area contributed by atoms with Gasteiger partial charge in [0.2, 0.25) is 17.4 Å². The minimum absolute atomic E-state index is 0.0131. The quantitative estimate of drug-likeness (QED) is 0.0746. The van der Waals surface area contributed by atoms with Gasteiger partial charge in [-0.2, -0.15) is 17.2 Å². The third-order valence-electron chi connectivity index (χ3n) is 5.15. The molecule has 4 aromatic carbocycles. The van der Waals surface area contributed by atoms with Crippen molar-refractivity contribution in [1.29, 1.82) is 0 Å². The van der Waals surface area contributed by atoms with Crippen molar-refractivity contribution in [2.45, 2.75) is 4.90 Å². The van der Waals surface area contributed by atoms with E-state index in [9.17, 15) is 35.6 Å². The highest BCUT2D eigenvalue weighted by Gasteiger charge is 2.34. The van der Waals surface area contributed by atoms with E-state index in [0.29, 0.717) is 13.4 Å². The molecule has 0 fully saturated rings. The second kappa shape index (κ2) is 11.0. The predicted molar refractivity (Wildman–Crippen MR) is 139 cm³/mol. The maximum absolute atomic E-state index is 14.4. The van der Waals surface area contributed by atoms with Crippen LogP contribution in [0.2, 0.25) is 0 Å². The lowest BCUT2D eigenvalue weighted by molar-refractivity contribution is 0.0715. The van der Waals surface area contributed by atoms with Crippen LogP contribution in [-0.2, 0) is 10.1 Å². The molecule has 0 aliphatic heterocycles. The van der Waals surface area contributed by atoms with Gasteiger partial charge in [-0.15, -0.1) is 0 Å². The monoisotopic (exact) mass is 754 g/mol. The van der Waals surface area contributed by atoms with E-state index in [1.54, 1.807) is 12.1 Å². The molecule has 0 unspecified atom stereocenters. The second-order valence-electron chi connectivity index (χ2n) is 7.57. The molecule has 4 rings (SSSR count). The molecule has 39 heavy (non-hydrogen) atoms. The van der Waals surface area contributed by atoms with Crippen LogP contribution in [0.5, 0.6) is 11.5 Å². The summed E-state index contributed by atoms with van der Waals surface area (Å²) in [5.74, 6) is -13.9. The fourth-order valence-electron chi connectivity index (χ4n) is 3.49. The Balaban J connectivity index is 1.73. The van der Waals surface area contributed by atoms with E-state index >= 15 is 0 Å². The van der Waals surface area contributed by atoms with Crippen molar-refractivity contribution in [2.75, 3.05) is 0 Å². The van der Waals surface area contributed by atoms with Crippen LogP contribution in [0.25, 0.3) is 10.8 Å². The lowest BCUT2D eigenvalue weighted by Crippen LogP contribution is -2.16. The van der Waals surface area contributed by atoms with Crippen molar-refractivity contribution >= 4 is 80.6 Å². The minimum Gasteiger partial charge on any atom is -0.422 e. The van der Waals surface area contributed by atoms with Crippen molar-refractivity contribution in [1.82, 2.24) is 0 Å². The Bertz CT molecular complexity index is 1760. The topological polar surface area (TPSA) is 107 Å². The van der Waals surface area contributed by atoms with Gasteiger partial charge in [0.05, 0.1) is 11.1 Å². The molecule has 0 aliphatic carbocycles. The summed E-state index contributed by atoms with van der Waals surface area (Å²) in [6, 6.07) is 11.4. The Kier molecular flexibility index (Phi) is 8.19. The molecule has 0 aliphatic rings. The van der Waals surface area contributed by atoms with Crippen molar-refractivity contribution < 1.29 is 49.6 Å². The molecule has 0 bridgehead atoms. The van der Waals surface area contributed by atoms with Crippen molar-refractivity contribution in [2.24, 2.45) is 0 Å². The van der Waals surface area contributed by atoms with Crippen LogP contribution in [0.1, 0.15) is 20.7 Å². The first-order valence-corrected chi connectivity index (χ1v) is 14.0. The summed E-state index contributed by atoms with van der Waals surface area (Å²) in [6.45, 7) is 0. The Hall–Kier alpha value is -2.85. The number of ether oxygens (including phenoxy) is 2. The van der Waals surface area contributed by atoms with Crippen LogP contribution in [-0.4, -0.2) is 24.9 Å². The number of halogens is 7. The van der Waals surface area contributed by atoms with E-state index in [-0.39, 0.29) is 27.6 Å². The first-order chi connectivity index (χ1) is 18.2. The lowest BCUT2D eigenvalue weighted by Gasteiger charge is -2.13. The van der Waals surface area contributed by atoms with Gasteiger partial charge in [0.1, 0.15) is 5.75 Å². The normalized spacial score (nSPS) is 11.5. The molecule has 202 valence electrons. The average molecular weight is 757 g/mol. The molecule has 0 atom stereocenters. The van der Waals surface area contributed by atoms with Gasteiger partial charge < -0.3 is 9.47 Å². The first-order valence-electron chi connectivity index (χ1n) is 10.2. The highest BCUT2D eigenvalue weighted by molar-refractivity contribution is 9.11. The number of carbonyl (C=O) groups excluding carboxylic acids is 2. The van der Waals surface area contributed by atoms with Gasteiger partial charge in [0.15, 0.2) is 16.5 Å². The third kappa shape index (κ3) is 5.59. The van der Waals surface area contributed by atoms with Gasteiger partial charge in [0.25, 0.3) is 0 Å². The molecule has 0 radical (unpaired) electrons. The summed E-state index contributed by atoms with van der Waals surface area (Å²) in [7, 11) is -5.70. The Morgan fingerprint density at radius 1 is 0.744 bits per heavy atom. The Morgan fingerprint density at radius 2 is 1.28 bits per heavy atom. The average Bonchev–Trinajstić information content (AvgIpc) is 2.83. The molecule has 0 spiro atoms. The van der Waals surface area contributed by atoms with Crippen LogP contribution >= 0.6 is 47.8 Å². The minimum atomic E-state index is -5.70. The molecule has 4 aromatic rings. The van der Waals surface area contributed by atoms with E-state index in [4.69, 9.17) is 9.29 Å². The zero-order chi connectivity index (χ0) is 28.8. The van der Waals surface area contributed by atoms with E-state index in [0.717, 1.165) is 6.07 Å². The maximum Gasteiger partial charge on any atom is 0.345 e. The number of benzene rings is 4. The molecule has 0 saturated heterocycles. The molecule has 7 nitrogen and oxygen atoms in total. The summed E-state index contributed by atoms with van der Waals surface area (Å²) >= 11 is 9.84. The van der Waals surface area contributed by atoms with Gasteiger partial charge in [-0.05, 0) is 61.5 Å². The zero-order valence-electron chi connectivity index (χ0n) is 18.6. The SMILES string of the molecule is O=C(Oc1cccc2c(C(=O)Oc3c(F)c(F)c(S(=O)(=O)O)c(F)c3F)cccc12)c1c(Br)cc(Br)cc1Br. The van der Waals surface area contributed by atoms with Gasteiger partial charge in [-0.3, -0.25) is 4.55 Å². The molecular weight excluding hydrogens is 748 g/mol. The Labute approximate surface area is 241 Å². The summed E-state index contributed by atoms with van der Waals surface area (Å²) in [6.07, 6.45) is 0. The van der Waals surface area contributed by atoms with Crippen LogP contribution in [0.3, 0.4) is 0 Å². The standard InChI is InChI=1S/C24H9Br3F4O7S/c25-9-7-13(26)16(14(27)8-9)24(33)37-15-6-2-3-10-11(15)4-1-5-12(10)23(32)38-21-17(28)19(30)22(39(34,35)36)20(31)18(21)29/h1-8H,(H,34,35,36). The van der Waals surface area contributed by atoms with Crippen LogP contribution in [0.4, 0.5) is 17.6 Å². The van der Waals surface area contributed by atoms with Crippen molar-refractivity contribution in [3.8, 4) is 11.5 Å². The third-order valence-corrected chi connectivity index (χ3v) is 7.73. The molecule has 1 N–H and O–H groups in total. The summed E-state index contributed by atoms with van der Waals surface area (Å²) < 4.78 is 99.7. The van der Waals surface area contributed by atoms with Gasteiger partial charge >= 0.3 is 22.1 Å². The first kappa shape index (κ1) is 29.1. The van der Waals surface area contributed by atoms with Crippen molar-refractivity contribution in [3.05, 3.63) is 96.3 Å². The van der Waals surface area contributed by atoms with Gasteiger partial charge in [-0.25, -0.2) is 18.4 Å². The molecule has 0 aromatic heterocycles. The summed E-state index contributed by atoms with van der Waals surface area (Å²) in [5.41, 5.74) is -0.205. The molecular formula is C24H9Br3F4O7S. The Morgan fingerprint density at radius 3 is 1.85 bits per heavy atom. The molecule has 0 amide bonds. The highest BCUT2D eigenvalue weighted by atomic mass is 79.9. The van der Waals surface area contributed by atoms with Crippen LogP contribution in [0.15, 0.2) is 66.8 Å². The van der Waals surface area contributed by atoms with E-state index < -0.39 is 56.0 Å². The van der Waals surface area contributed by atoms with E-state index in [2.05, 4.69) is 52.5 Å². The fraction of sp³-hybridized carbons (Fsp3) is 0. The number of rotatable bonds is 5. The number of carbonyl (C=O) groups is 2. The van der Waals surface area contributed by atoms with Gasteiger partial charge in [-0.1, -0.05) is 40.2 Å². The van der Waals surface area contributed by atoms with E-state index in [1.807, 2.05) is 0 Å². The number of esters is 2. The number of hydrogen-bond donors (Lipinski definition) is 1. The zero-order valence-corrected chi connectivity index (χ0v) is 24.1. The number of fused-ring (bicyclic) bond motifs is 1. The maximum atomic E-state index is 14.4. The fourth-order valence-corrected chi connectivity index (χ4v) is 6.71. The molecule has 15 heteroatoms. The van der Waals surface area contributed by atoms with Crippen LogP contribution < -0.4 is 9.47 Å². The lowest BCUT2D eigenvalue weighted by atomic mass is 10.0. The largest absolute Gasteiger partial charge is 0.422 e. The molecule has 0 saturated carbocycles. The highest BCUT2D eigenvalue weighted by Crippen LogP contribution is 2.35. The summed E-state index contributed by atoms with van der Waals surface area (Å²) in [4.78, 5) is 23.4. The predicted octanol–water partition coefficient (Wildman–Crippen LogP) is 7.37. The van der Waals surface area contributed by atoms with Crippen molar-refractivity contribution in [3.63, 3.8) is 0 Å². The van der Waals surface area contributed by atoms with Crippen LogP contribution in [0, 0.1) is 23.3 Å². The van der Waals surface area contributed by atoms with Gasteiger partial charge in [0, 0.05) is 18.8 Å².